The minimum absolute atomic E-state index is 0.178. The lowest BCUT2D eigenvalue weighted by Crippen LogP contribution is -2.56. The largest absolute Gasteiger partial charge is 0.481 e. The number of rotatable bonds is 3. The molecule has 2 aliphatic rings. The molecule has 28 heavy (non-hydrogen) atoms. The smallest absolute Gasteiger partial charge is 0.308 e. The van der Waals surface area contributed by atoms with E-state index in [1.165, 1.54) is 12.1 Å². The lowest BCUT2D eigenvalue weighted by molar-refractivity contribution is -0.143. The van der Waals surface area contributed by atoms with E-state index in [4.69, 9.17) is 9.73 Å². The summed E-state index contributed by atoms with van der Waals surface area (Å²) >= 11 is 0. The monoisotopic (exact) mass is 383 g/mol. The van der Waals surface area contributed by atoms with E-state index in [1.54, 1.807) is 6.07 Å². The molecule has 0 bridgehead atoms. The van der Waals surface area contributed by atoms with Crippen LogP contribution in [0.25, 0.3) is 0 Å². The Labute approximate surface area is 162 Å². The third-order valence-corrected chi connectivity index (χ3v) is 5.24. The Morgan fingerprint density at radius 1 is 1.36 bits per heavy atom. The van der Waals surface area contributed by atoms with Crippen LogP contribution in [0.1, 0.15) is 18.9 Å². The van der Waals surface area contributed by atoms with Gasteiger partial charge in [0, 0.05) is 31.7 Å². The predicted octanol–water partition coefficient (Wildman–Crippen LogP) is 3.39. The number of benzene rings is 2. The van der Waals surface area contributed by atoms with Crippen LogP contribution in [0.2, 0.25) is 0 Å². The van der Waals surface area contributed by atoms with Crippen molar-refractivity contribution in [2.45, 2.75) is 19.4 Å². The molecule has 7 heteroatoms. The number of halogens is 1. The van der Waals surface area contributed by atoms with E-state index < -0.39 is 11.9 Å². The van der Waals surface area contributed by atoms with Crippen molar-refractivity contribution in [2.24, 2.45) is 10.9 Å². The first kappa shape index (κ1) is 18.4. The molecule has 0 amide bonds. The van der Waals surface area contributed by atoms with Gasteiger partial charge < -0.3 is 20.1 Å². The molecule has 0 aromatic heterocycles. The van der Waals surface area contributed by atoms with Gasteiger partial charge in [0.05, 0.1) is 11.5 Å². The van der Waals surface area contributed by atoms with Gasteiger partial charge >= 0.3 is 5.97 Å². The van der Waals surface area contributed by atoms with Crippen molar-refractivity contribution in [3.63, 3.8) is 0 Å². The summed E-state index contributed by atoms with van der Waals surface area (Å²) in [6, 6.07) is 11.6. The molecular formula is C21H22FN3O3. The summed E-state index contributed by atoms with van der Waals surface area (Å²) in [6.07, 6.45) is 0.551. The van der Waals surface area contributed by atoms with E-state index >= 15 is 0 Å². The highest BCUT2D eigenvalue weighted by molar-refractivity contribution is 6.03. The first-order valence-electron chi connectivity index (χ1n) is 9.43. The number of aliphatic carboxylic acids is 1. The average Bonchev–Trinajstić information content (AvgIpc) is 2.84. The van der Waals surface area contributed by atoms with Crippen LogP contribution in [-0.4, -0.2) is 47.5 Å². The van der Waals surface area contributed by atoms with Gasteiger partial charge in [0.25, 0.3) is 0 Å². The molecule has 2 atom stereocenters. The van der Waals surface area contributed by atoms with E-state index in [0.29, 0.717) is 49.1 Å². The molecule has 1 fully saturated rings. The molecule has 2 unspecified atom stereocenters. The summed E-state index contributed by atoms with van der Waals surface area (Å²) in [4.78, 5) is 18.5. The lowest BCUT2D eigenvalue weighted by atomic mass is 9.94. The van der Waals surface area contributed by atoms with Gasteiger partial charge in [-0.1, -0.05) is 19.1 Å². The molecule has 0 spiro atoms. The zero-order valence-corrected chi connectivity index (χ0v) is 15.6. The Balaban J connectivity index is 1.74. The number of carboxylic acid groups (broad SMARTS) is 1. The minimum Gasteiger partial charge on any atom is -0.481 e. The molecule has 0 saturated carbocycles. The van der Waals surface area contributed by atoms with Crippen LogP contribution < -0.4 is 10.1 Å². The zero-order valence-electron chi connectivity index (χ0n) is 15.6. The van der Waals surface area contributed by atoms with Gasteiger partial charge in [-0.2, -0.15) is 0 Å². The lowest BCUT2D eigenvalue weighted by Gasteiger charge is -2.38. The third-order valence-electron chi connectivity index (χ3n) is 5.24. The summed E-state index contributed by atoms with van der Waals surface area (Å²) in [5, 5.41) is 12.9. The highest BCUT2D eigenvalue weighted by atomic mass is 19.1. The van der Waals surface area contributed by atoms with Crippen molar-refractivity contribution in [1.29, 1.82) is 0 Å². The number of amidine groups is 1. The molecule has 2 heterocycles. The highest BCUT2D eigenvalue weighted by Gasteiger charge is 2.33. The first-order valence-corrected chi connectivity index (χ1v) is 9.43. The first-order chi connectivity index (χ1) is 13.6. The number of ether oxygens (including phenoxy) is 1. The number of aliphatic imine (C=N–C) groups is 1. The van der Waals surface area contributed by atoms with Crippen LogP contribution in [-0.2, 0) is 4.79 Å². The molecule has 2 aromatic rings. The Bertz CT molecular complexity index is 931. The minimum atomic E-state index is -0.797. The number of hydrogen-bond acceptors (Lipinski definition) is 5. The van der Waals surface area contributed by atoms with E-state index in [1.807, 2.05) is 31.2 Å². The Hall–Kier alpha value is -2.93. The van der Waals surface area contributed by atoms with E-state index in [-0.39, 0.29) is 11.9 Å². The van der Waals surface area contributed by atoms with Crippen molar-refractivity contribution in [3.05, 3.63) is 53.8 Å². The highest BCUT2D eigenvalue weighted by Crippen LogP contribution is 2.38. The summed E-state index contributed by atoms with van der Waals surface area (Å²) in [6.45, 7) is 3.76. The van der Waals surface area contributed by atoms with Gasteiger partial charge in [0.15, 0.2) is 5.75 Å². The summed E-state index contributed by atoms with van der Waals surface area (Å²) in [7, 11) is 0. The van der Waals surface area contributed by atoms with Crippen LogP contribution >= 0.6 is 0 Å². The Morgan fingerprint density at radius 3 is 2.96 bits per heavy atom. The van der Waals surface area contributed by atoms with Gasteiger partial charge in [0.2, 0.25) is 0 Å². The average molecular weight is 383 g/mol. The predicted molar refractivity (Wildman–Crippen MR) is 104 cm³/mol. The van der Waals surface area contributed by atoms with Crippen molar-refractivity contribution in [2.75, 3.05) is 19.6 Å². The van der Waals surface area contributed by atoms with E-state index in [0.717, 1.165) is 5.56 Å². The van der Waals surface area contributed by atoms with Crippen molar-refractivity contribution in [1.82, 2.24) is 10.2 Å². The van der Waals surface area contributed by atoms with Crippen LogP contribution in [0.15, 0.2) is 47.5 Å². The molecule has 1 saturated heterocycles. The quantitative estimate of drug-likeness (QED) is 0.850. The van der Waals surface area contributed by atoms with Gasteiger partial charge in [0.1, 0.15) is 23.1 Å². The van der Waals surface area contributed by atoms with Gasteiger partial charge in [-0.25, -0.2) is 9.38 Å². The molecule has 4 rings (SSSR count). The molecule has 0 radical (unpaired) electrons. The Kier molecular flexibility index (Phi) is 5.00. The summed E-state index contributed by atoms with van der Waals surface area (Å²) < 4.78 is 19.7. The fourth-order valence-electron chi connectivity index (χ4n) is 3.81. The fourth-order valence-corrected chi connectivity index (χ4v) is 3.81. The number of hydrogen-bond donors (Lipinski definition) is 2. The van der Waals surface area contributed by atoms with Gasteiger partial charge in [-0.05, 0) is 30.7 Å². The molecule has 2 aliphatic heterocycles. The molecule has 0 aliphatic carbocycles. The van der Waals surface area contributed by atoms with Gasteiger partial charge in [-0.15, -0.1) is 0 Å². The van der Waals surface area contributed by atoms with Gasteiger partial charge in [-0.3, -0.25) is 4.79 Å². The number of piperazine rings is 1. The maximum absolute atomic E-state index is 13.7. The summed E-state index contributed by atoms with van der Waals surface area (Å²) in [5.41, 5.74) is 1.36. The molecule has 2 N–H and O–H groups in total. The molecular weight excluding hydrogens is 361 g/mol. The third kappa shape index (κ3) is 3.45. The number of carboxylic acids is 1. The number of nitrogens with one attached hydrogen (secondary N) is 1. The standard InChI is InChI=1S/C21H22FN3O3/c1-2-14(21(26)27)17-12-25(10-9-23-17)20-15-5-3-4-6-18(15)28-19-11-13(22)7-8-16(19)24-20/h3-8,11,14,17,23H,2,9-10,12H2,1H3,(H,26,27). The van der Waals surface area contributed by atoms with E-state index in [9.17, 15) is 14.3 Å². The van der Waals surface area contributed by atoms with Crippen LogP contribution in [0, 0.1) is 11.7 Å². The summed E-state index contributed by atoms with van der Waals surface area (Å²) in [5.74, 6) is 0.0328. The van der Waals surface area contributed by atoms with Crippen LogP contribution in [0.5, 0.6) is 11.5 Å². The number of fused-ring (bicyclic) bond motifs is 2. The maximum Gasteiger partial charge on any atom is 0.308 e. The van der Waals surface area contributed by atoms with Crippen LogP contribution in [0.3, 0.4) is 0 Å². The topological polar surface area (TPSA) is 74.2 Å². The number of nitrogens with zero attached hydrogens (tertiary/aromatic N) is 2. The van der Waals surface area contributed by atoms with Crippen molar-refractivity contribution < 1.29 is 19.0 Å². The number of carbonyl (C=O) groups is 1. The second kappa shape index (κ2) is 7.59. The second-order valence-electron chi connectivity index (χ2n) is 7.01. The molecule has 6 nitrogen and oxygen atoms in total. The molecule has 2 aromatic carbocycles. The normalized spacial score (nSPS) is 19.6. The van der Waals surface area contributed by atoms with E-state index in [2.05, 4.69) is 10.2 Å². The van der Waals surface area contributed by atoms with Crippen molar-refractivity contribution >= 4 is 17.5 Å². The number of para-hydroxylation sites is 1. The van der Waals surface area contributed by atoms with Crippen molar-refractivity contribution in [3.8, 4) is 11.5 Å². The SMILES string of the molecule is CCC(C(=O)O)C1CN(C2=Nc3ccc(F)cc3Oc3ccccc32)CCN1. The zero-order chi connectivity index (χ0) is 19.7. The Morgan fingerprint density at radius 2 is 2.18 bits per heavy atom. The van der Waals surface area contributed by atoms with Crippen LogP contribution in [0.4, 0.5) is 10.1 Å². The maximum atomic E-state index is 13.7. The second-order valence-corrected chi connectivity index (χ2v) is 7.01. The molecule has 146 valence electrons. The fraction of sp³-hybridized carbons (Fsp3) is 0.333.